The maximum Gasteiger partial charge on any atom is 0.246 e. The summed E-state index contributed by atoms with van der Waals surface area (Å²) in [5.41, 5.74) is 0.949. The SMILES string of the molecule is C[C@H]1[C@H](C)CCC[C@@H]1NC(=O)[C@H]1CCCN1S(=O)(=O)c1cccc2nsnc12. The van der Waals surface area contributed by atoms with E-state index < -0.39 is 16.1 Å². The molecule has 9 heteroatoms. The number of fused-ring (bicyclic) bond motifs is 1. The number of carbonyl (C=O) groups is 1. The van der Waals surface area contributed by atoms with Gasteiger partial charge >= 0.3 is 0 Å². The molecule has 1 aliphatic heterocycles. The first-order valence-electron chi connectivity index (χ1n) is 9.93. The zero-order valence-electron chi connectivity index (χ0n) is 16.2. The summed E-state index contributed by atoms with van der Waals surface area (Å²) in [5, 5.41) is 3.16. The number of sulfonamides is 1. The summed E-state index contributed by atoms with van der Waals surface area (Å²) in [6.45, 7) is 4.75. The first-order valence-corrected chi connectivity index (χ1v) is 12.1. The Balaban J connectivity index is 1.57. The van der Waals surface area contributed by atoms with E-state index in [0.717, 1.165) is 24.6 Å². The number of nitrogens with zero attached hydrogens (tertiary/aromatic N) is 3. The minimum Gasteiger partial charge on any atom is -0.352 e. The Morgan fingerprint density at radius 3 is 2.82 bits per heavy atom. The second kappa shape index (κ2) is 7.68. The Labute approximate surface area is 169 Å². The average molecular weight is 423 g/mol. The Kier molecular flexibility index (Phi) is 5.41. The molecule has 28 heavy (non-hydrogen) atoms. The summed E-state index contributed by atoms with van der Waals surface area (Å²) < 4.78 is 36.4. The molecular formula is C19H26N4O3S2. The summed E-state index contributed by atoms with van der Waals surface area (Å²) >= 11 is 0.994. The van der Waals surface area contributed by atoms with Gasteiger partial charge in [0.15, 0.2) is 0 Å². The fraction of sp³-hybridized carbons (Fsp3) is 0.632. The lowest BCUT2D eigenvalue weighted by atomic mass is 9.78. The molecule has 0 unspecified atom stereocenters. The fourth-order valence-corrected chi connectivity index (χ4v) is 6.88. The first-order chi connectivity index (χ1) is 13.4. The van der Waals surface area contributed by atoms with Crippen molar-refractivity contribution in [2.24, 2.45) is 11.8 Å². The molecule has 1 amide bonds. The Morgan fingerprint density at radius 2 is 2.00 bits per heavy atom. The van der Waals surface area contributed by atoms with E-state index in [4.69, 9.17) is 0 Å². The van der Waals surface area contributed by atoms with E-state index in [1.165, 1.54) is 10.7 Å². The van der Waals surface area contributed by atoms with Crippen LogP contribution in [0.15, 0.2) is 23.1 Å². The lowest BCUT2D eigenvalue weighted by Crippen LogP contribution is -2.51. The van der Waals surface area contributed by atoms with E-state index in [9.17, 15) is 13.2 Å². The van der Waals surface area contributed by atoms with E-state index in [1.807, 2.05) is 0 Å². The standard InChI is InChI=1S/C19H26N4O3S2/c1-12-6-3-7-14(13(12)2)20-19(24)16-9-5-11-23(16)28(25,26)17-10-4-8-15-18(17)22-27-21-15/h4,8,10,12-14,16H,3,5-7,9,11H2,1-2H3,(H,20,24)/t12-,13+,14+,16-/m1/s1. The highest BCUT2D eigenvalue weighted by atomic mass is 32.2. The maximum atomic E-state index is 13.4. The van der Waals surface area contributed by atoms with Crippen molar-refractivity contribution >= 4 is 38.7 Å². The van der Waals surface area contributed by atoms with E-state index >= 15 is 0 Å². The maximum absolute atomic E-state index is 13.4. The molecule has 152 valence electrons. The highest BCUT2D eigenvalue weighted by molar-refractivity contribution is 7.89. The van der Waals surface area contributed by atoms with Gasteiger partial charge in [-0.2, -0.15) is 13.1 Å². The predicted molar refractivity (Wildman–Crippen MR) is 108 cm³/mol. The molecule has 1 aliphatic carbocycles. The number of aromatic nitrogens is 2. The number of rotatable bonds is 4. The summed E-state index contributed by atoms with van der Waals surface area (Å²) in [6, 6.07) is 4.44. The van der Waals surface area contributed by atoms with Crippen molar-refractivity contribution in [3.63, 3.8) is 0 Å². The quantitative estimate of drug-likeness (QED) is 0.818. The molecule has 2 aromatic rings. The van der Waals surface area contributed by atoms with Crippen LogP contribution in [0.2, 0.25) is 0 Å². The number of hydrogen-bond acceptors (Lipinski definition) is 6. The molecule has 4 rings (SSSR count). The highest BCUT2D eigenvalue weighted by Crippen LogP contribution is 2.32. The molecule has 2 fully saturated rings. The van der Waals surface area contributed by atoms with Gasteiger partial charge in [0.2, 0.25) is 15.9 Å². The van der Waals surface area contributed by atoms with E-state index in [2.05, 4.69) is 27.9 Å². The van der Waals surface area contributed by atoms with Crippen molar-refractivity contribution in [3.05, 3.63) is 18.2 Å². The molecule has 0 bridgehead atoms. The van der Waals surface area contributed by atoms with Gasteiger partial charge in [0.05, 0.1) is 11.7 Å². The molecule has 1 saturated carbocycles. The van der Waals surface area contributed by atoms with Crippen LogP contribution in [-0.4, -0.2) is 46.0 Å². The van der Waals surface area contributed by atoms with Crippen LogP contribution < -0.4 is 5.32 Å². The third-order valence-electron chi connectivity index (χ3n) is 6.38. The van der Waals surface area contributed by atoms with Crippen LogP contribution >= 0.6 is 11.7 Å². The molecule has 0 radical (unpaired) electrons. The molecule has 1 aromatic carbocycles. The van der Waals surface area contributed by atoms with Gasteiger partial charge in [-0.05, 0) is 43.2 Å². The van der Waals surface area contributed by atoms with Gasteiger partial charge in [0.25, 0.3) is 0 Å². The largest absolute Gasteiger partial charge is 0.352 e. The van der Waals surface area contributed by atoms with Crippen molar-refractivity contribution in [3.8, 4) is 0 Å². The zero-order chi connectivity index (χ0) is 19.9. The highest BCUT2D eigenvalue weighted by Gasteiger charge is 2.41. The topological polar surface area (TPSA) is 92.3 Å². The fourth-order valence-electron chi connectivity index (χ4n) is 4.47. The molecule has 2 aliphatic rings. The Morgan fingerprint density at radius 1 is 1.18 bits per heavy atom. The van der Waals surface area contributed by atoms with Gasteiger partial charge in [-0.25, -0.2) is 8.42 Å². The summed E-state index contributed by atoms with van der Waals surface area (Å²) in [7, 11) is -3.82. The van der Waals surface area contributed by atoms with Crippen LogP contribution in [-0.2, 0) is 14.8 Å². The van der Waals surface area contributed by atoms with Crippen molar-refractivity contribution in [2.45, 2.75) is 62.9 Å². The molecule has 0 spiro atoms. The molecule has 7 nitrogen and oxygen atoms in total. The van der Waals surface area contributed by atoms with Crippen LogP contribution in [0.4, 0.5) is 0 Å². The van der Waals surface area contributed by atoms with Crippen molar-refractivity contribution in [1.29, 1.82) is 0 Å². The lowest BCUT2D eigenvalue weighted by molar-refractivity contribution is -0.125. The van der Waals surface area contributed by atoms with Gasteiger partial charge in [-0.1, -0.05) is 32.8 Å². The minimum atomic E-state index is -3.82. The smallest absolute Gasteiger partial charge is 0.246 e. The second-order valence-electron chi connectivity index (χ2n) is 8.04. The Bertz CT molecular complexity index is 974. The van der Waals surface area contributed by atoms with Gasteiger partial charge < -0.3 is 5.32 Å². The normalized spacial score (nSPS) is 29.2. The number of nitrogens with one attached hydrogen (secondary N) is 1. The zero-order valence-corrected chi connectivity index (χ0v) is 17.8. The van der Waals surface area contributed by atoms with Crippen LogP contribution in [0.5, 0.6) is 0 Å². The van der Waals surface area contributed by atoms with Crippen molar-refractivity contribution in [1.82, 2.24) is 18.4 Å². The molecular weight excluding hydrogens is 396 g/mol. The number of benzene rings is 1. The average Bonchev–Trinajstić information content (AvgIpc) is 3.34. The van der Waals surface area contributed by atoms with Gasteiger partial charge in [-0.15, -0.1) is 0 Å². The van der Waals surface area contributed by atoms with Crippen LogP contribution in [0.1, 0.15) is 46.0 Å². The monoisotopic (exact) mass is 422 g/mol. The third-order valence-corrected chi connectivity index (χ3v) is 8.86. The molecule has 4 atom stereocenters. The first kappa shape index (κ1) is 19.7. The van der Waals surface area contributed by atoms with E-state index in [0.29, 0.717) is 42.3 Å². The van der Waals surface area contributed by atoms with E-state index in [1.54, 1.807) is 18.2 Å². The number of carbonyl (C=O) groups excluding carboxylic acids is 1. The summed E-state index contributed by atoms with van der Waals surface area (Å²) in [5.74, 6) is 0.798. The van der Waals surface area contributed by atoms with Crippen molar-refractivity contribution in [2.75, 3.05) is 6.54 Å². The lowest BCUT2D eigenvalue weighted by Gasteiger charge is -2.35. The van der Waals surface area contributed by atoms with Crippen LogP contribution in [0, 0.1) is 11.8 Å². The van der Waals surface area contributed by atoms with Gasteiger partial charge in [0, 0.05) is 12.6 Å². The van der Waals surface area contributed by atoms with Crippen LogP contribution in [0.3, 0.4) is 0 Å². The van der Waals surface area contributed by atoms with Crippen molar-refractivity contribution < 1.29 is 13.2 Å². The molecule has 1 aromatic heterocycles. The number of amides is 1. The van der Waals surface area contributed by atoms with E-state index in [-0.39, 0.29) is 16.8 Å². The van der Waals surface area contributed by atoms with Gasteiger partial charge in [-0.3, -0.25) is 4.79 Å². The molecule has 1 N–H and O–H groups in total. The predicted octanol–water partition coefficient (Wildman–Crippen LogP) is 2.79. The Hall–Kier alpha value is -1.58. The molecule has 1 saturated heterocycles. The third kappa shape index (κ3) is 3.44. The second-order valence-corrected chi connectivity index (χ2v) is 10.4. The summed E-state index contributed by atoms with van der Waals surface area (Å²) in [4.78, 5) is 13.2. The molecule has 2 heterocycles. The van der Waals surface area contributed by atoms with Gasteiger partial charge in [0.1, 0.15) is 22.0 Å². The summed E-state index contributed by atoms with van der Waals surface area (Å²) in [6.07, 6.45) is 4.47. The number of hydrogen-bond donors (Lipinski definition) is 1. The minimum absolute atomic E-state index is 0.118. The van der Waals surface area contributed by atoms with Crippen LogP contribution in [0.25, 0.3) is 11.0 Å².